The van der Waals surface area contributed by atoms with Gasteiger partial charge in [-0.15, -0.1) is 11.8 Å². The third-order valence-electron chi connectivity index (χ3n) is 5.86. The molecule has 1 unspecified atom stereocenters. The summed E-state index contributed by atoms with van der Waals surface area (Å²) in [5, 5.41) is 10.7. The smallest absolute Gasteiger partial charge is 0.305 e. The molecule has 14 heteroatoms. The molecule has 1 saturated heterocycles. The number of hydrogen-bond acceptors (Lipinski definition) is 11. The van der Waals surface area contributed by atoms with Crippen LogP contribution < -0.4 is 5.32 Å². The van der Waals surface area contributed by atoms with Crippen molar-refractivity contribution in [3.8, 4) is 0 Å². The number of thioether (sulfide) groups is 1. The van der Waals surface area contributed by atoms with Crippen molar-refractivity contribution in [2.24, 2.45) is 0 Å². The van der Waals surface area contributed by atoms with Crippen molar-refractivity contribution >= 4 is 41.4 Å². The fraction of sp³-hybridized carbons (Fsp3) is 0.577. The molecule has 3 rings (SSSR count). The Bertz CT molecular complexity index is 1050. The molecule has 4 amide bonds. The van der Waals surface area contributed by atoms with E-state index in [9.17, 15) is 24.0 Å². The monoisotopic (exact) mass is 582 g/mol. The van der Waals surface area contributed by atoms with Crippen LogP contribution in [0, 0.1) is 0 Å². The summed E-state index contributed by atoms with van der Waals surface area (Å²) in [5.74, 6) is -2.45. The number of nitrogens with one attached hydrogen (secondary N) is 1. The highest BCUT2D eigenvalue weighted by Crippen LogP contribution is 2.34. The summed E-state index contributed by atoms with van der Waals surface area (Å²) < 4.78 is 26.8. The third-order valence-corrected chi connectivity index (χ3v) is 6.89. The van der Waals surface area contributed by atoms with Crippen LogP contribution >= 0.6 is 11.8 Å². The standard InChI is InChI=1S/C26H34N2O11S/c29-21-5-4-19(24(32)27-21)28-25(33)18-2-1-3-20(23(18)26(28)34)40-17-16-39-15-14-38-13-12-37-11-10-36-9-8-35-7-6-22(30)31/h1-3,19H,4-17H2,(H,30,31)(H,27,29,32). The Morgan fingerprint density at radius 1 is 0.850 bits per heavy atom. The predicted molar refractivity (Wildman–Crippen MR) is 140 cm³/mol. The number of amides is 4. The lowest BCUT2D eigenvalue weighted by molar-refractivity contribution is -0.138. The molecule has 13 nitrogen and oxygen atoms in total. The number of piperidine rings is 1. The van der Waals surface area contributed by atoms with E-state index in [1.165, 1.54) is 11.8 Å². The molecule has 2 aliphatic rings. The first-order chi connectivity index (χ1) is 19.4. The van der Waals surface area contributed by atoms with E-state index in [1.807, 2.05) is 0 Å². The maximum Gasteiger partial charge on any atom is 0.305 e. The molecule has 2 heterocycles. The summed E-state index contributed by atoms with van der Waals surface area (Å²) in [6.07, 6.45) is 0.163. The Morgan fingerprint density at radius 3 is 2.00 bits per heavy atom. The highest BCUT2D eigenvalue weighted by atomic mass is 32.2. The second-order valence-electron chi connectivity index (χ2n) is 8.68. The first-order valence-corrected chi connectivity index (χ1v) is 14.0. The molecule has 0 bridgehead atoms. The summed E-state index contributed by atoms with van der Waals surface area (Å²) in [6.45, 7) is 3.71. The minimum absolute atomic E-state index is 0.0254. The Kier molecular flexibility index (Phi) is 13.5. The zero-order chi connectivity index (χ0) is 28.7. The van der Waals surface area contributed by atoms with Crippen LogP contribution in [0.2, 0.25) is 0 Å². The molecule has 40 heavy (non-hydrogen) atoms. The Morgan fingerprint density at radius 2 is 1.43 bits per heavy atom. The molecule has 2 N–H and O–H groups in total. The van der Waals surface area contributed by atoms with Crippen LogP contribution in [0.4, 0.5) is 0 Å². The maximum absolute atomic E-state index is 13.1. The third kappa shape index (κ3) is 9.64. The van der Waals surface area contributed by atoms with E-state index in [4.69, 9.17) is 28.8 Å². The second-order valence-corrected chi connectivity index (χ2v) is 9.82. The van der Waals surface area contributed by atoms with Gasteiger partial charge in [-0.05, 0) is 18.6 Å². The minimum atomic E-state index is -0.992. The molecule has 1 atom stereocenters. The van der Waals surface area contributed by atoms with E-state index < -0.39 is 35.6 Å². The molecule has 0 saturated carbocycles. The number of ether oxygens (including phenoxy) is 5. The maximum atomic E-state index is 13.1. The predicted octanol–water partition coefficient (Wildman–Crippen LogP) is 0.738. The Labute approximate surface area is 235 Å². The van der Waals surface area contributed by atoms with Crippen LogP contribution in [0.5, 0.6) is 0 Å². The van der Waals surface area contributed by atoms with Crippen LogP contribution in [-0.4, -0.2) is 117 Å². The topological polar surface area (TPSA) is 167 Å². The number of aliphatic carboxylic acids is 1. The SMILES string of the molecule is O=C(O)CCOCCOCCOCCOCCOCCSc1cccc2c1C(=O)N(C1CCC(=O)NC1=O)C2=O. The van der Waals surface area contributed by atoms with Gasteiger partial charge < -0.3 is 28.8 Å². The lowest BCUT2D eigenvalue weighted by Gasteiger charge is -2.27. The van der Waals surface area contributed by atoms with Crippen molar-refractivity contribution in [3.05, 3.63) is 29.3 Å². The lowest BCUT2D eigenvalue weighted by atomic mass is 10.0. The van der Waals surface area contributed by atoms with Crippen molar-refractivity contribution in [1.29, 1.82) is 0 Å². The molecule has 220 valence electrons. The number of hydrogen-bond donors (Lipinski definition) is 2. The number of fused-ring (bicyclic) bond motifs is 1. The molecule has 1 fully saturated rings. The van der Waals surface area contributed by atoms with Gasteiger partial charge in [-0.3, -0.25) is 34.2 Å². The summed E-state index contributed by atoms with van der Waals surface area (Å²) in [4.78, 5) is 61.6. The molecule has 0 radical (unpaired) electrons. The van der Waals surface area contributed by atoms with E-state index in [-0.39, 0.29) is 37.0 Å². The molecular formula is C26H34N2O11S. The van der Waals surface area contributed by atoms with Gasteiger partial charge in [0.2, 0.25) is 11.8 Å². The number of carbonyl (C=O) groups excluding carboxylic acids is 4. The van der Waals surface area contributed by atoms with Gasteiger partial charge in [-0.25, -0.2) is 0 Å². The zero-order valence-electron chi connectivity index (χ0n) is 22.1. The van der Waals surface area contributed by atoms with E-state index in [1.54, 1.807) is 18.2 Å². The number of carboxylic acid groups (broad SMARTS) is 1. The average Bonchev–Trinajstić information content (AvgIpc) is 3.18. The number of carbonyl (C=O) groups is 5. The molecule has 1 aromatic carbocycles. The molecule has 0 spiro atoms. The lowest BCUT2D eigenvalue weighted by Crippen LogP contribution is -2.54. The number of rotatable bonds is 20. The minimum Gasteiger partial charge on any atom is -0.481 e. The van der Waals surface area contributed by atoms with Gasteiger partial charge in [0.15, 0.2) is 0 Å². The summed E-state index contributed by atoms with van der Waals surface area (Å²) in [7, 11) is 0. The molecule has 1 aromatic rings. The fourth-order valence-corrected chi connectivity index (χ4v) is 4.89. The normalized spacial score (nSPS) is 16.9. The van der Waals surface area contributed by atoms with Gasteiger partial charge in [-0.1, -0.05) is 6.07 Å². The van der Waals surface area contributed by atoms with Crippen molar-refractivity contribution < 1.29 is 52.8 Å². The highest BCUT2D eigenvalue weighted by molar-refractivity contribution is 7.99. The van der Waals surface area contributed by atoms with Gasteiger partial charge in [0.05, 0.1) is 83.6 Å². The molecule has 0 aromatic heterocycles. The van der Waals surface area contributed by atoms with Crippen molar-refractivity contribution in [3.63, 3.8) is 0 Å². The molecular weight excluding hydrogens is 548 g/mol. The summed E-state index contributed by atoms with van der Waals surface area (Å²) in [5.41, 5.74) is 0.532. The summed E-state index contributed by atoms with van der Waals surface area (Å²) >= 11 is 1.39. The van der Waals surface area contributed by atoms with Gasteiger partial charge >= 0.3 is 5.97 Å². The Hall–Kier alpha value is -2.88. The average molecular weight is 583 g/mol. The van der Waals surface area contributed by atoms with Gasteiger partial charge in [0.25, 0.3) is 11.8 Å². The van der Waals surface area contributed by atoms with Crippen molar-refractivity contribution in [2.75, 3.05) is 71.8 Å². The van der Waals surface area contributed by atoms with E-state index in [0.29, 0.717) is 70.1 Å². The number of nitrogens with zero attached hydrogens (tertiary/aromatic N) is 1. The van der Waals surface area contributed by atoms with Crippen LogP contribution in [0.3, 0.4) is 0 Å². The quantitative estimate of drug-likeness (QED) is 0.126. The van der Waals surface area contributed by atoms with Gasteiger partial charge in [0, 0.05) is 17.1 Å². The Balaban J connectivity index is 1.22. The summed E-state index contributed by atoms with van der Waals surface area (Å²) in [6, 6.07) is 4.03. The first-order valence-electron chi connectivity index (χ1n) is 13.0. The zero-order valence-corrected chi connectivity index (χ0v) is 22.9. The van der Waals surface area contributed by atoms with Crippen molar-refractivity contribution in [1.82, 2.24) is 10.2 Å². The highest BCUT2D eigenvalue weighted by Gasteiger charge is 2.45. The number of benzene rings is 1. The van der Waals surface area contributed by atoms with Gasteiger partial charge in [0.1, 0.15) is 6.04 Å². The first kappa shape index (κ1) is 31.6. The van der Waals surface area contributed by atoms with Crippen LogP contribution in [-0.2, 0) is 38.1 Å². The number of imide groups is 2. The van der Waals surface area contributed by atoms with Crippen LogP contribution in [0.25, 0.3) is 0 Å². The second kappa shape index (κ2) is 17.0. The van der Waals surface area contributed by atoms with Crippen molar-refractivity contribution in [2.45, 2.75) is 30.2 Å². The fourth-order valence-electron chi connectivity index (χ4n) is 3.96. The number of carboxylic acids is 1. The van der Waals surface area contributed by atoms with Crippen LogP contribution in [0.15, 0.2) is 23.1 Å². The largest absolute Gasteiger partial charge is 0.481 e. The van der Waals surface area contributed by atoms with E-state index >= 15 is 0 Å². The van der Waals surface area contributed by atoms with E-state index in [0.717, 1.165) is 4.90 Å². The van der Waals surface area contributed by atoms with Gasteiger partial charge in [-0.2, -0.15) is 0 Å². The van der Waals surface area contributed by atoms with Crippen LogP contribution in [0.1, 0.15) is 40.0 Å². The van der Waals surface area contributed by atoms with E-state index in [2.05, 4.69) is 5.32 Å². The molecule has 0 aliphatic carbocycles. The molecule has 2 aliphatic heterocycles.